The summed E-state index contributed by atoms with van der Waals surface area (Å²) >= 11 is 5.21. The predicted molar refractivity (Wildman–Crippen MR) is 92.0 cm³/mol. The molecule has 0 unspecified atom stereocenters. The van der Waals surface area contributed by atoms with Crippen molar-refractivity contribution in [1.82, 2.24) is 5.32 Å². The number of hydrogen-bond donors (Lipinski definition) is 2. The Kier molecular flexibility index (Phi) is 6.07. The first-order chi connectivity index (χ1) is 10.2. The van der Waals surface area contributed by atoms with Gasteiger partial charge in [-0.15, -0.1) is 11.3 Å². The summed E-state index contributed by atoms with van der Waals surface area (Å²) in [5, 5.41) is 5.20. The third kappa shape index (κ3) is 5.06. The van der Waals surface area contributed by atoms with Crippen molar-refractivity contribution in [2.45, 2.75) is 13.0 Å². The summed E-state index contributed by atoms with van der Waals surface area (Å²) in [6.07, 6.45) is 0.960. The van der Waals surface area contributed by atoms with Crippen LogP contribution in [0.25, 0.3) is 0 Å². The third-order valence-corrected chi connectivity index (χ3v) is 4.46. The topological polar surface area (TPSA) is 59.6 Å². The zero-order valence-corrected chi connectivity index (χ0v) is 14.2. The molecular weight excluding hydrogens is 350 g/mol. The second kappa shape index (κ2) is 8.05. The number of rotatable bonds is 6. The number of benzene rings is 1. The van der Waals surface area contributed by atoms with Crippen LogP contribution in [0, 0.1) is 0 Å². The molecule has 4 nitrogen and oxygen atoms in total. The van der Waals surface area contributed by atoms with Crippen LogP contribution in [-0.4, -0.2) is 19.6 Å². The molecule has 0 saturated heterocycles. The van der Waals surface area contributed by atoms with E-state index < -0.39 is 0 Å². The van der Waals surface area contributed by atoms with E-state index in [-0.39, 0.29) is 0 Å². The highest BCUT2D eigenvalue weighted by Gasteiger charge is 2.01. The minimum absolute atomic E-state index is 0.471. The average molecular weight is 368 g/mol. The molecule has 0 aliphatic rings. The monoisotopic (exact) mass is 367 g/mol. The first-order valence-corrected chi connectivity index (χ1v) is 8.25. The van der Waals surface area contributed by atoms with Crippen molar-refractivity contribution in [3.8, 4) is 5.75 Å². The molecule has 0 amide bonds. The standard InChI is InChI=1S/C15H18BrN3OS/c1-20-14-5-4-11(9-13(14)16)10-19-15(17)18-7-6-12-3-2-8-21-12/h2-5,8-9H,6-7,10H2,1H3,(H3,17,18,19). The zero-order chi connectivity index (χ0) is 15.1. The number of guanidine groups is 1. The lowest BCUT2D eigenvalue weighted by Crippen LogP contribution is -2.33. The molecule has 0 aliphatic heterocycles. The maximum atomic E-state index is 5.86. The van der Waals surface area contributed by atoms with Crippen LogP contribution >= 0.6 is 27.3 Å². The van der Waals surface area contributed by atoms with E-state index >= 15 is 0 Å². The third-order valence-electron chi connectivity index (χ3n) is 2.91. The van der Waals surface area contributed by atoms with Crippen molar-refractivity contribution < 1.29 is 4.74 Å². The molecule has 0 radical (unpaired) electrons. The van der Waals surface area contributed by atoms with Crippen molar-refractivity contribution in [1.29, 1.82) is 0 Å². The molecule has 0 saturated carbocycles. The Morgan fingerprint density at radius 1 is 1.43 bits per heavy atom. The molecular formula is C15H18BrN3OS. The van der Waals surface area contributed by atoms with Gasteiger partial charge in [0, 0.05) is 11.4 Å². The molecule has 2 rings (SSSR count). The second-order valence-corrected chi connectivity index (χ2v) is 6.31. The van der Waals surface area contributed by atoms with Gasteiger partial charge in [-0.05, 0) is 51.5 Å². The summed E-state index contributed by atoms with van der Waals surface area (Å²) in [5.41, 5.74) is 6.94. The van der Waals surface area contributed by atoms with Gasteiger partial charge in [0.1, 0.15) is 5.75 Å². The summed E-state index contributed by atoms with van der Waals surface area (Å²) in [7, 11) is 1.65. The average Bonchev–Trinajstić information content (AvgIpc) is 2.98. The van der Waals surface area contributed by atoms with Crippen LogP contribution < -0.4 is 15.8 Å². The molecule has 1 heterocycles. The molecule has 1 aromatic carbocycles. The number of nitrogens with one attached hydrogen (secondary N) is 1. The number of methoxy groups -OCH3 is 1. The van der Waals surface area contributed by atoms with Crippen molar-refractivity contribution in [3.63, 3.8) is 0 Å². The van der Waals surface area contributed by atoms with E-state index in [0.717, 1.165) is 28.8 Å². The van der Waals surface area contributed by atoms with E-state index in [2.05, 4.69) is 43.8 Å². The summed E-state index contributed by atoms with van der Waals surface area (Å²) < 4.78 is 6.11. The number of ether oxygens (including phenoxy) is 1. The summed E-state index contributed by atoms with van der Waals surface area (Å²) in [4.78, 5) is 5.68. The Labute approximate surface area is 137 Å². The van der Waals surface area contributed by atoms with Crippen LogP contribution in [0.15, 0.2) is 45.2 Å². The normalized spacial score (nSPS) is 11.4. The van der Waals surface area contributed by atoms with Gasteiger partial charge < -0.3 is 15.8 Å². The van der Waals surface area contributed by atoms with Crippen molar-refractivity contribution in [2.24, 2.45) is 10.7 Å². The first-order valence-electron chi connectivity index (χ1n) is 6.57. The predicted octanol–water partition coefficient (Wildman–Crippen LogP) is 3.17. The summed E-state index contributed by atoms with van der Waals surface area (Å²) in [6.45, 7) is 1.34. The van der Waals surface area contributed by atoms with Gasteiger partial charge in [0.2, 0.25) is 0 Å². The highest BCUT2D eigenvalue weighted by Crippen LogP contribution is 2.25. The largest absolute Gasteiger partial charge is 0.496 e. The van der Waals surface area contributed by atoms with Crippen molar-refractivity contribution in [3.05, 3.63) is 50.6 Å². The van der Waals surface area contributed by atoms with Gasteiger partial charge >= 0.3 is 0 Å². The molecule has 0 bridgehead atoms. The van der Waals surface area contributed by atoms with Gasteiger partial charge in [-0.2, -0.15) is 0 Å². The Morgan fingerprint density at radius 3 is 2.95 bits per heavy atom. The maximum Gasteiger partial charge on any atom is 0.188 e. The molecule has 0 aliphatic carbocycles. The van der Waals surface area contributed by atoms with Crippen molar-refractivity contribution in [2.75, 3.05) is 13.7 Å². The van der Waals surface area contributed by atoms with Crippen molar-refractivity contribution >= 4 is 33.2 Å². The molecule has 2 aromatic rings. The number of hydrogen-bond acceptors (Lipinski definition) is 3. The van der Waals surface area contributed by atoms with Crippen LogP contribution in [0.2, 0.25) is 0 Å². The number of nitrogens with two attached hydrogens (primary N) is 1. The molecule has 21 heavy (non-hydrogen) atoms. The fourth-order valence-corrected chi connectivity index (χ4v) is 3.11. The van der Waals surface area contributed by atoms with Crippen LogP contribution in [0.5, 0.6) is 5.75 Å². The molecule has 6 heteroatoms. The lowest BCUT2D eigenvalue weighted by molar-refractivity contribution is 0.412. The number of halogens is 1. The highest BCUT2D eigenvalue weighted by atomic mass is 79.9. The molecule has 3 N–H and O–H groups in total. The fraction of sp³-hybridized carbons (Fsp3) is 0.267. The Balaban J connectivity index is 1.81. The molecule has 112 valence electrons. The van der Waals surface area contributed by atoms with Gasteiger partial charge in [-0.25, -0.2) is 4.99 Å². The van der Waals surface area contributed by atoms with E-state index in [1.807, 2.05) is 18.2 Å². The molecule has 0 fully saturated rings. The summed E-state index contributed by atoms with van der Waals surface area (Å²) in [6, 6.07) is 10.1. The lowest BCUT2D eigenvalue weighted by atomic mass is 10.2. The molecule has 1 aromatic heterocycles. The van der Waals surface area contributed by atoms with Gasteiger partial charge in [-0.3, -0.25) is 0 Å². The Bertz CT molecular complexity index is 599. The van der Waals surface area contributed by atoms with Gasteiger partial charge in [0.25, 0.3) is 0 Å². The minimum Gasteiger partial charge on any atom is -0.496 e. The quantitative estimate of drug-likeness (QED) is 0.608. The van der Waals surface area contributed by atoms with Gasteiger partial charge in [0.05, 0.1) is 18.1 Å². The maximum absolute atomic E-state index is 5.86. The van der Waals surface area contributed by atoms with E-state index in [4.69, 9.17) is 10.5 Å². The van der Waals surface area contributed by atoms with E-state index in [9.17, 15) is 0 Å². The number of aliphatic imine (C=N–C) groups is 1. The lowest BCUT2D eigenvalue weighted by Gasteiger charge is -2.06. The minimum atomic E-state index is 0.471. The highest BCUT2D eigenvalue weighted by molar-refractivity contribution is 9.10. The van der Waals surface area contributed by atoms with E-state index in [0.29, 0.717) is 12.5 Å². The molecule has 0 atom stereocenters. The van der Waals surface area contributed by atoms with Gasteiger partial charge in [0.15, 0.2) is 5.96 Å². The number of thiophene rings is 1. The SMILES string of the molecule is COc1ccc(CN=C(N)NCCc2cccs2)cc1Br. The second-order valence-electron chi connectivity index (χ2n) is 4.43. The Morgan fingerprint density at radius 2 is 2.29 bits per heavy atom. The van der Waals surface area contributed by atoms with Gasteiger partial charge in [-0.1, -0.05) is 12.1 Å². The number of nitrogens with zero attached hydrogens (tertiary/aromatic N) is 1. The summed E-state index contributed by atoms with van der Waals surface area (Å²) in [5.74, 6) is 1.28. The van der Waals surface area contributed by atoms with E-state index in [1.165, 1.54) is 4.88 Å². The van der Waals surface area contributed by atoms with Crippen LogP contribution in [0.4, 0.5) is 0 Å². The Hall–Kier alpha value is -1.53. The molecule has 0 spiro atoms. The fourth-order valence-electron chi connectivity index (χ4n) is 1.81. The van der Waals surface area contributed by atoms with Crippen LogP contribution in [0.3, 0.4) is 0 Å². The van der Waals surface area contributed by atoms with Crippen LogP contribution in [-0.2, 0) is 13.0 Å². The zero-order valence-electron chi connectivity index (χ0n) is 11.8. The van der Waals surface area contributed by atoms with Crippen LogP contribution in [0.1, 0.15) is 10.4 Å². The first kappa shape index (κ1) is 15.9. The van der Waals surface area contributed by atoms with E-state index in [1.54, 1.807) is 18.4 Å². The smallest absolute Gasteiger partial charge is 0.188 e.